The van der Waals surface area contributed by atoms with Crippen molar-refractivity contribution in [1.29, 1.82) is 0 Å². The van der Waals surface area contributed by atoms with Crippen molar-refractivity contribution >= 4 is 11.0 Å². The summed E-state index contributed by atoms with van der Waals surface area (Å²) in [5.41, 5.74) is 2.03. The van der Waals surface area contributed by atoms with Gasteiger partial charge in [-0.15, -0.1) is 0 Å². The van der Waals surface area contributed by atoms with Gasteiger partial charge in [-0.2, -0.15) is 0 Å². The Hall–Kier alpha value is -0.900. The Labute approximate surface area is 68.3 Å². The molecular weight excluding hydrogens is 194 g/mol. The number of fused-ring (bicyclic) bond motifs is 1. The second kappa shape index (κ2) is 2.79. The first-order valence-electron chi connectivity index (χ1n) is 2.76. The molecule has 52 valence electrons. The summed E-state index contributed by atoms with van der Waals surface area (Å²) in [5, 5.41) is 0. The van der Waals surface area contributed by atoms with Gasteiger partial charge < -0.3 is 22.0 Å². The molecule has 0 aliphatic rings. The number of rotatable bonds is 0. The molecule has 2 rings (SSSR count). The van der Waals surface area contributed by atoms with E-state index in [1.165, 1.54) is 0 Å². The number of nitrogens with one attached hydrogen (secondary N) is 2. The number of hydrogen-bond acceptors (Lipinski definition) is 1. The van der Waals surface area contributed by atoms with E-state index in [1.807, 2.05) is 18.5 Å². The Morgan fingerprint density at radius 3 is 3.20 bits per heavy atom. The molecule has 2 heterocycles. The molecule has 0 saturated carbocycles. The number of hydrogen-bond donors (Lipinski definition) is 1. The van der Waals surface area contributed by atoms with Gasteiger partial charge in [0.1, 0.15) is 11.0 Å². The summed E-state index contributed by atoms with van der Waals surface area (Å²) in [6.07, 6.45) is 5.41. The first kappa shape index (κ1) is 7.21. The molecule has 0 saturated heterocycles. The van der Waals surface area contributed by atoms with Gasteiger partial charge in [0.15, 0.2) is 12.4 Å². The summed E-state index contributed by atoms with van der Waals surface area (Å²) < 4.78 is 0. The summed E-state index contributed by atoms with van der Waals surface area (Å²) in [7, 11) is 0. The maximum atomic E-state index is 4.04. The normalized spacial score (nSPS) is 9.20. The van der Waals surface area contributed by atoms with Crippen LogP contribution in [0, 0.1) is 0 Å². The van der Waals surface area contributed by atoms with Gasteiger partial charge in [-0.3, -0.25) is 0 Å². The lowest BCUT2D eigenvalue weighted by molar-refractivity contribution is -0.376. The zero-order chi connectivity index (χ0) is 6.10. The van der Waals surface area contributed by atoms with E-state index in [0.717, 1.165) is 11.0 Å². The van der Waals surface area contributed by atoms with E-state index in [-0.39, 0.29) is 17.0 Å². The second-order valence-corrected chi connectivity index (χ2v) is 1.85. The van der Waals surface area contributed by atoms with Crippen molar-refractivity contribution in [2.45, 2.75) is 0 Å². The highest BCUT2D eigenvalue weighted by molar-refractivity contribution is 5.71. The third-order valence-corrected chi connectivity index (χ3v) is 1.26. The quantitative estimate of drug-likeness (QED) is 0.497. The van der Waals surface area contributed by atoms with Crippen LogP contribution >= 0.6 is 0 Å². The van der Waals surface area contributed by atoms with Crippen molar-refractivity contribution in [1.82, 2.24) is 9.97 Å². The van der Waals surface area contributed by atoms with Crippen LogP contribution in [0.4, 0.5) is 0 Å². The van der Waals surface area contributed by atoms with Crippen LogP contribution in [-0.4, -0.2) is 9.97 Å². The third kappa shape index (κ3) is 1.02. The number of nitrogens with zero attached hydrogens (tertiary/aromatic N) is 1. The minimum absolute atomic E-state index is 0. The van der Waals surface area contributed by atoms with E-state index in [2.05, 4.69) is 15.0 Å². The molecule has 0 bridgehead atoms. The fourth-order valence-electron chi connectivity index (χ4n) is 0.822. The molecule has 0 unspecified atom stereocenters. The van der Waals surface area contributed by atoms with Crippen LogP contribution in [0.5, 0.6) is 0 Å². The number of H-pyrrole nitrogens is 2. The molecule has 0 aliphatic heterocycles. The molecule has 0 amide bonds. The minimum Gasteiger partial charge on any atom is -1.00 e. The predicted molar refractivity (Wildman–Crippen MR) is 32.6 cm³/mol. The topological polar surface area (TPSA) is 42.8 Å². The lowest BCUT2D eigenvalue weighted by Gasteiger charge is -1.75. The fraction of sp³-hybridized carbons (Fsp3) is 0. The molecule has 2 N–H and O–H groups in total. The lowest BCUT2D eigenvalue weighted by Crippen LogP contribution is -3.00. The number of pyridine rings is 1. The van der Waals surface area contributed by atoms with E-state index in [9.17, 15) is 0 Å². The van der Waals surface area contributed by atoms with Gasteiger partial charge in [0, 0.05) is 6.07 Å². The summed E-state index contributed by atoms with van der Waals surface area (Å²) in [4.78, 5) is 9.97. The summed E-state index contributed by atoms with van der Waals surface area (Å²) in [6.45, 7) is 0. The van der Waals surface area contributed by atoms with Crippen LogP contribution in [0.15, 0.2) is 24.8 Å². The summed E-state index contributed by atoms with van der Waals surface area (Å²) in [5.74, 6) is 0. The molecule has 0 radical (unpaired) electrons. The monoisotopic (exact) mass is 199 g/mol. The zero-order valence-corrected chi connectivity index (χ0v) is 6.72. The maximum Gasteiger partial charge on any atom is 0.193 e. The fourth-order valence-corrected chi connectivity index (χ4v) is 0.822. The molecule has 0 spiro atoms. The van der Waals surface area contributed by atoms with Crippen LogP contribution < -0.4 is 22.0 Å². The van der Waals surface area contributed by atoms with E-state index in [4.69, 9.17) is 0 Å². The highest BCUT2D eigenvalue weighted by Crippen LogP contribution is 2.01. The average Bonchev–Trinajstić information content (AvgIpc) is 2.33. The van der Waals surface area contributed by atoms with Gasteiger partial charge in [-0.1, -0.05) is 0 Å². The molecule has 2 aromatic rings. The molecule has 0 fully saturated rings. The van der Waals surface area contributed by atoms with Crippen LogP contribution in [-0.2, 0) is 0 Å². The van der Waals surface area contributed by atoms with Crippen molar-refractivity contribution in [3.05, 3.63) is 24.8 Å². The SMILES string of the molecule is [Br-].c1nc2cc[nH+]cc2[nH]1. The van der Waals surface area contributed by atoms with Gasteiger partial charge in [-0.05, 0) is 0 Å². The maximum absolute atomic E-state index is 4.04. The Bertz CT molecular complexity index is 287. The molecule has 4 heteroatoms. The van der Waals surface area contributed by atoms with Gasteiger partial charge in [0.2, 0.25) is 0 Å². The van der Waals surface area contributed by atoms with Gasteiger partial charge >= 0.3 is 0 Å². The minimum atomic E-state index is 0. The van der Waals surface area contributed by atoms with E-state index in [1.54, 1.807) is 6.33 Å². The zero-order valence-electron chi connectivity index (χ0n) is 5.13. The highest BCUT2D eigenvalue weighted by atomic mass is 79.9. The number of aromatic amines is 2. The Morgan fingerprint density at radius 2 is 2.40 bits per heavy atom. The van der Waals surface area contributed by atoms with E-state index >= 15 is 0 Å². The summed E-state index contributed by atoms with van der Waals surface area (Å²) >= 11 is 0. The lowest BCUT2D eigenvalue weighted by atomic mass is 10.4. The highest BCUT2D eigenvalue weighted by Gasteiger charge is 1.93. The smallest absolute Gasteiger partial charge is 0.193 e. The van der Waals surface area contributed by atoms with Crippen molar-refractivity contribution in [3.63, 3.8) is 0 Å². The Kier molecular flexibility index (Phi) is 2.01. The van der Waals surface area contributed by atoms with Crippen LogP contribution in [0.1, 0.15) is 0 Å². The molecule has 3 nitrogen and oxygen atoms in total. The Balaban J connectivity index is 0.000000500. The molecule has 10 heavy (non-hydrogen) atoms. The summed E-state index contributed by atoms with van der Waals surface area (Å²) in [6, 6.07) is 1.92. The predicted octanol–water partition coefficient (Wildman–Crippen LogP) is -2.62. The van der Waals surface area contributed by atoms with Gasteiger partial charge in [0.05, 0.1) is 6.33 Å². The third-order valence-electron chi connectivity index (χ3n) is 1.26. The molecule has 0 aliphatic carbocycles. The van der Waals surface area contributed by atoms with E-state index in [0.29, 0.717) is 0 Å². The standard InChI is InChI=1S/C6H5N3.BrH/c1-2-7-3-6-5(1)8-4-9-6;/h1-4H,(H,8,9);1H. The number of halogens is 1. The van der Waals surface area contributed by atoms with Crippen molar-refractivity contribution < 1.29 is 22.0 Å². The van der Waals surface area contributed by atoms with E-state index < -0.39 is 0 Å². The first-order chi connectivity index (χ1) is 4.47. The first-order valence-corrected chi connectivity index (χ1v) is 2.76. The average molecular weight is 200 g/mol. The molecule has 2 aromatic heterocycles. The van der Waals surface area contributed by atoms with Crippen molar-refractivity contribution in [2.75, 3.05) is 0 Å². The number of aromatic nitrogens is 3. The van der Waals surface area contributed by atoms with Crippen molar-refractivity contribution in [3.8, 4) is 0 Å². The molecule has 0 atom stereocenters. The number of imidazole rings is 1. The van der Waals surface area contributed by atoms with Crippen molar-refractivity contribution in [2.24, 2.45) is 0 Å². The van der Waals surface area contributed by atoms with Gasteiger partial charge in [0.25, 0.3) is 0 Å². The molecule has 0 aromatic carbocycles. The second-order valence-electron chi connectivity index (χ2n) is 1.85. The van der Waals surface area contributed by atoms with Crippen LogP contribution in [0.3, 0.4) is 0 Å². The Morgan fingerprint density at radius 1 is 1.50 bits per heavy atom. The van der Waals surface area contributed by atoms with Gasteiger partial charge in [-0.25, -0.2) is 9.97 Å². The largest absolute Gasteiger partial charge is 1.00 e. The molecular formula is C6H6BrN3. The van der Waals surface area contributed by atoms with Crippen LogP contribution in [0.25, 0.3) is 11.0 Å². The van der Waals surface area contributed by atoms with Crippen LogP contribution in [0.2, 0.25) is 0 Å².